The van der Waals surface area contributed by atoms with Crippen LogP contribution in [-0.2, 0) is 4.74 Å². The summed E-state index contributed by atoms with van der Waals surface area (Å²) < 4.78 is 10.4. The zero-order valence-electron chi connectivity index (χ0n) is 10.4. The second kappa shape index (κ2) is 6.92. The Morgan fingerprint density at radius 2 is 2.05 bits per heavy atom. The lowest BCUT2D eigenvalue weighted by molar-refractivity contribution is 0.0491. The molecule has 2 aromatic rings. The first-order valence-electron chi connectivity index (χ1n) is 5.64. The molecular formula is C14H13NO3S. The highest BCUT2D eigenvalue weighted by Crippen LogP contribution is 2.33. The molecule has 0 atom stereocenters. The van der Waals surface area contributed by atoms with E-state index >= 15 is 0 Å². The first-order chi connectivity index (χ1) is 9.33. The molecule has 4 nitrogen and oxygen atoms in total. The van der Waals surface area contributed by atoms with Gasteiger partial charge in [0, 0.05) is 7.11 Å². The molecule has 0 saturated carbocycles. The van der Waals surface area contributed by atoms with Gasteiger partial charge in [-0.3, -0.25) is 4.79 Å². The van der Waals surface area contributed by atoms with Crippen LogP contribution in [0.25, 0.3) is 0 Å². The highest BCUT2D eigenvalue weighted by molar-refractivity contribution is 7.99. The summed E-state index contributed by atoms with van der Waals surface area (Å²) in [5.74, 6) is 0.729. The number of benzene rings is 1. The molecular weight excluding hydrogens is 262 g/mol. The molecule has 1 heterocycles. The summed E-state index contributed by atoms with van der Waals surface area (Å²) >= 11 is 1.44. The minimum absolute atomic E-state index is 0.194. The number of hydrogen-bond donors (Lipinski definition) is 0. The lowest BCUT2D eigenvalue weighted by atomic mass is 10.3. The van der Waals surface area contributed by atoms with Crippen molar-refractivity contribution in [3.05, 3.63) is 48.2 Å². The van der Waals surface area contributed by atoms with Crippen molar-refractivity contribution in [2.24, 2.45) is 0 Å². The molecule has 0 saturated heterocycles. The van der Waals surface area contributed by atoms with E-state index < -0.39 is 0 Å². The predicted octanol–water partition coefficient (Wildman–Crippen LogP) is 3.03. The van der Waals surface area contributed by atoms with Crippen LogP contribution in [0, 0.1) is 0 Å². The number of carbonyl (C=O) groups is 1. The van der Waals surface area contributed by atoms with Gasteiger partial charge in [0.2, 0.25) is 0 Å². The molecule has 0 amide bonds. The maximum Gasteiger partial charge on any atom is 0.188 e. The van der Waals surface area contributed by atoms with Crippen molar-refractivity contribution in [2.45, 2.75) is 9.92 Å². The highest BCUT2D eigenvalue weighted by Gasteiger charge is 2.06. The van der Waals surface area contributed by atoms with Crippen molar-refractivity contribution in [3.8, 4) is 5.75 Å². The average Bonchev–Trinajstić information content (AvgIpc) is 2.46. The summed E-state index contributed by atoms with van der Waals surface area (Å²) in [7, 11) is 1.57. The van der Waals surface area contributed by atoms with Crippen LogP contribution in [0.15, 0.2) is 52.4 Å². The molecule has 0 aliphatic rings. The van der Waals surface area contributed by atoms with Crippen molar-refractivity contribution in [1.82, 2.24) is 4.98 Å². The van der Waals surface area contributed by atoms with Crippen LogP contribution >= 0.6 is 11.8 Å². The third-order valence-electron chi connectivity index (χ3n) is 2.26. The smallest absolute Gasteiger partial charge is 0.188 e. The number of carbonyl (C=O) groups excluding carboxylic acids is 1. The van der Waals surface area contributed by atoms with E-state index in [2.05, 4.69) is 4.98 Å². The van der Waals surface area contributed by atoms with Gasteiger partial charge >= 0.3 is 0 Å². The average molecular weight is 275 g/mol. The van der Waals surface area contributed by atoms with Gasteiger partial charge in [-0.25, -0.2) is 4.98 Å². The van der Waals surface area contributed by atoms with E-state index in [1.54, 1.807) is 19.2 Å². The van der Waals surface area contributed by atoms with Gasteiger partial charge < -0.3 is 9.47 Å². The lowest BCUT2D eigenvalue weighted by Gasteiger charge is -2.09. The van der Waals surface area contributed by atoms with Gasteiger partial charge in [0.25, 0.3) is 0 Å². The van der Waals surface area contributed by atoms with Crippen molar-refractivity contribution < 1.29 is 14.3 Å². The molecule has 0 radical (unpaired) electrons. The van der Waals surface area contributed by atoms with E-state index in [9.17, 15) is 4.79 Å². The fourth-order valence-corrected chi connectivity index (χ4v) is 2.34. The van der Waals surface area contributed by atoms with Crippen LogP contribution in [-0.4, -0.2) is 25.2 Å². The van der Waals surface area contributed by atoms with E-state index in [-0.39, 0.29) is 6.79 Å². The fraction of sp³-hybridized carbons (Fsp3) is 0.143. The molecule has 1 aromatic carbocycles. The molecule has 2 rings (SSSR count). The molecule has 19 heavy (non-hydrogen) atoms. The topological polar surface area (TPSA) is 48.4 Å². The SMILES string of the molecule is COCOc1ccccc1Sc1cccc(C=O)n1. The number of para-hydroxylation sites is 1. The maximum atomic E-state index is 10.7. The largest absolute Gasteiger partial charge is 0.466 e. The number of pyridine rings is 1. The summed E-state index contributed by atoms with van der Waals surface area (Å²) in [6.07, 6.45) is 0.734. The zero-order valence-corrected chi connectivity index (χ0v) is 11.2. The van der Waals surface area contributed by atoms with Crippen LogP contribution in [0.3, 0.4) is 0 Å². The summed E-state index contributed by atoms with van der Waals surface area (Å²) in [6, 6.07) is 12.9. The first kappa shape index (κ1) is 13.6. The first-order valence-corrected chi connectivity index (χ1v) is 6.46. The molecule has 0 fully saturated rings. The minimum Gasteiger partial charge on any atom is -0.466 e. The third kappa shape index (κ3) is 3.81. The van der Waals surface area contributed by atoms with Crippen molar-refractivity contribution in [1.29, 1.82) is 0 Å². The van der Waals surface area contributed by atoms with Crippen LogP contribution < -0.4 is 4.74 Å². The van der Waals surface area contributed by atoms with Crippen molar-refractivity contribution in [3.63, 3.8) is 0 Å². The second-order valence-corrected chi connectivity index (χ2v) is 4.68. The number of methoxy groups -OCH3 is 1. The molecule has 0 spiro atoms. The number of aldehydes is 1. The number of nitrogens with zero attached hydrogens (tertiary/aromatic N) is 1. The molecule has 5 heteroatoms. The Bertz CT molecular complexity index is 560. The Labute approximate surface area is 115 Å². The van der Waals surface area contributed by atoms with E-state index in [1.165, 1.54) is 11.8 Å². The van der Waals surface area contributed by atoms with Crippen LogP contribution in [0.5, 0.6) is 5.75 Å². The quantitative estimate of drug-likeness (QED) is 0.599. The van der Waals surface area contributed by atoms with Gasteiger partial charge in [-0.2, -0.15) is 0 Å². The van der Waals surface area contributed by atoms with Crippen LogP contribution in [0.2, 0.25) is 0 Å². The minimum atomic E-state index is 0.194. The number of ether oxygens (including phenoxy) is 2. The number of rotatable bonds is 6. The van der Waals surface area contributed by atoms with Gasteiger partial charge in [-0.05, 0) is 24.3 Å². The van der Waals surface area contributed by atoms with Gasteiger partial charge in [0.15, 0.2) is 13.1 Å². The Balaban J connectivity index is 2.19. The van der Waals surface area contributed by atoms with E-state index in [0.29, 0.717) is 5.69 Å². The van der Waals surface area contributed by atoms with Crippen LogP contribution in [0.4, 0.5) is 0 Å². The molecule has 0 aliphatic carbocycles. The Hall–Kier alpha value is -1.85. The zero-order chi connectivity index (χ0) is 13.5. The van der Waals surface area contributed by atoms with Crippen molar-refractivity contribution in [2.75, 3.05) is 13.9 Å². The fourth-order valence-electron chi connectivity index (χ4n) is 1.44. The Morgan fingerprint density at radius 3 is 2.84 bits per heavy atom. The van der Waals surface area contributed by atoms with Crippen molar-refractivity contribution >= 4 is 18.0 Å². The van der Waals surface area contributed by atoms with Crippen LogP contribution in [0.1, 0.15) is 10.5 Å². The summed E-state index contributed by atoms with van der Waals surface area (Å²) in [5, 5.41) is 0.748. The summed E-state index contributed by atoms with van der Waals surface area (Å²) in [5.41, 5.74) is 0.417. The van der Waals surface area contributed by atoms with E-state index in [0.717, 1.165) is 22.0 Å². The Morgan fingerprint density at radius 1 is 1.21 bits per heavy atom. The second-order valence-electron chi connectivity index (χ2n) is 3.62. The molecule has 0 aliphatic heterocycles. The lowest BCUT2D eigenvalue weighted by Crippen LogP contribution is -1.99. The standard InChI is InChI=1S/C14H13NO3S/c1-17-10-18-12-6-2-3-7-13(12)19-14-8-4-5-11(9-16)15-14/h2-9H,10H2,1H3. The monoisotopic (exact) mass is 275 g/mol. The summed E-state index contributed by atoms with van der Waals surface area (Å²) in [6.45, 7) is 0.194. The van der Waals surface area contributed by atoms with Gasteiger partial charge in [0.05, 0.1) is 4.90 Å². The summed E-state index contributed by atoms with van der Waals surface area (Å²) in [4.78, 5) is 15.8. The number of aromatic nitrogens is 1. The molecule has 0 bridgehead atoms. The molecule has 1 aromatic heterocycles. The molecule has 0 N–H and O–H groups in total. The molecule has 0 unspecified atom stereocenters. The molecule has 98 valence electrons. The van der Waals surface area contributed by atoms with E-state index in [4.69, 9.17) is 9.47 Å². The number of hydrogen-bond acceptors (Lipinski definition) is 5. The maximum absolute atomic E-state index is 10.7. The third-order valence-corrected chi connectivity index (χ3v) is 3.26. The highest BCUT2D eigenvalue weighted by atomic mass is 32.2. The van der Waals surface area contributed by atoms with Gasteiger partial charge in [-0.1, -0.05) is 30.0 Å². The van der Waals surface area contributed by atoms with E-state index in [1.807, 2.05) is 30.3 Å². The normalized spacial score (nSPS) is 10.2. The van der Waals surface area contributed by atoms with Gasteiger partial charge in [0.1, 0.15) is 16.5 Å². The predicted molar refractivity (Wildman–Crippen MR) is 72.7 cm³/mol. The Kier molecular flexibility index (Phi) is 4.94. The van der Waals surface area contributed by atoms with Gasteiger partial charge in [-0.15, -0.1) is 0 Å².